The van der Waals surface area contributed by atoms with Gasteiger partial charge in [0.15, 0.2) is 0 Å². The van der Waals surface area contributed by atoms with Gasteiger partial charge in [-0.2, -0.15) is 0 Å². The van der Waals surface area contributed by atoms with Crippen molar-refractivity contribution in [2.45, 2.75) is 10.8 Å². The first-order valence-corrected chi connectivity index (χ1v) is 25.9. The van der Waals surface area contributed by atoms with Gasteiger partial charge in [0.2, 0.25) is 0 Å². The quantitative estimate of drug-likeness (QED) is 0.172. The molecular formula is C72H45NO2. The van der Waals surface area contributed by atoms with Gasteiger partial charge in [0, 0.05) is 38.8 Å². The largest absolute Gasteiger partial charge is 0.457 e. The molecule has 2 aliphatic carbocycles. The highest BCUT2D eigenvalue weighted by atomic mass is 16.5. The number of anilines is 3. The molecule has 0 N–H and O–H groups in total. The molecule has 0 unspecified atom stereocenters. The molecule has 350 valence electrons. The summed E-state index contributed by atoms with van der Waals surface area (Å²) in [6, 6.07) is 100. The summed E-state index contributed by atoms with van der Waals surface area (Å²) >= 11 is 0. The Balaban J connectivity index is 0.993. The van der Waals surface area contributed by atoms with Crippen LogP contribution in [0.25, 0.3) is 55.3 Å². The van der Waals surface area contributed by atoms with Crippen LogP contribution in [0.2, 0.25) is 0 Å². The van der Waals surface area contributed by atoms with Gasteiger partial charge in [-0.25, -0.2) is 0 Å². The molecule has 4 aliphatic rings. The molecule has 2 spiro atoms. The van der Waals surface area contributed by atoms with Gasteiger partial charge in [0.05, 0.1) is 27.9 Å². The summed E-state index contributed by atoms with van der Waals surface area (Å²) < 4.78 is 13.5. The zero-order chi connectivity index (χ0) is 49.2. The van der Waals surface area contributed by atoms with E-state index in [0.29, 0.717) is 0 Å². The van der Waals surface area contributed by atoms with Crippen molar-refractivity contribution in [3.05, 3.63) is 317 Å². The van der Waals surface area contributed by atoms with E-state index < -0.39 is 10.8 Å². The highest BCUT2D eigenvalue weighted by molar-refractivity contribution is 6.08. The van der Waals surface area contributed by atoms with Crippen LogP contribution in [-0.4, -0.2) is 0 Å². The highest BCUT2D eigenvalue weighted by Crippen LogP contribution is 2.66. The maximum Gasteiger partial charge on any atom is 0.132 e. The summed E-state index contributed by atoms with van der Waals surface area (Å²) in [7, 11) is 0. The molecule has 3 heteroatoms. The molecule has 75 heavy (non-hydrogen) atoms. The third-order valence-electron chi connectivity index (χ3n) is 16.6. The van der Waals surface area contributed by atoms with E-state index in [1.54, 1.807) is 0 Å². The van der Waals surface area contributed by atoms with Crippen molar-refractivity contribution in [3.63, 3.8) is 0 Å². The molecule has 3 nitrogen and oxygen atoms in total. The summed E-state index contributed by atoms with van der Waals surface area (Å²) in [5.74, 6) is 3.53. The van der Waals surface area contributed by atoms with Crippen LogP contribution in [0.1, 0.15) is 44.5 Å². The van der Waals surface area contributed by atoms with Crippen LogP contribution in [-0.2, 0) is 10.8 Å². The zero-order valence-corrected chi connectivity index (χ0v) is 40.7. The second-order valence-corrected chi connectivity index (χ2v) is 20.2. The van der Waals surface area contributed by atoms with E-state index in [0.717, 1.165) is 84.2 Å². The molecule has 0 atom stereocenters. The molecule has 0 saturated heterocycles. The normalized spacial score (nSPS) is 14.0. The first-order valence-electron chi connectivity index (χ1n) is 25.9. The number of rotatable bonds is 5. The number of nitrogens with zero attached hydrogens (tertiary/aromatic N) is 1. The Labute approximate surface area is 435 Å². The highest BCUT2D eigenvalue weighted by Gasteiger charge is 2.53. The van der Waals surface area contributed by atoms with E-state index in [4.69, 9.17) is 9.47 Å². The lowest BCUT2D eigenvalue weighted by atomic mass is 9.66. The first kappa shape index (κ1) is 41.9. The van der Waals surface area contributed by atoms with Crippen molar-refractivity contribution in [2.24, 2.45) is 0 Å². The molecule has 0 aromatic heterocycles. The van der Waals surface area contributed by atoms with Crippen LogP contribution in [0.15, 0.2) is 273 Å². The van der Waals surface area contributed by atoms with Gasteiger partial charge in [0.1, 0.15) is 23.0 Å². The number of hydrogen-bond donors (Lipinski definition) is 0. The Hall–Kier alpha value is -9.70. The predicted octanol–water partition coefficient (Wildman–Crippen LogP) is 18.6. The van der Waals surface area contributed by atoms with Crippen molar-refractivity contribution in [1.82, 2.24) is 0 Å². The molecule has 0 saturated carbocycles. The monoisotopic (exact) mass is 955 g/mol. The molecule has 0 fully saturated rings. The summed E-state index contributed by atoms with van der Waals surface area (Å²) in [5.41, 5.74) is 21.2. The fourth-order valence-electron chi connectivity index (χ4n) is 13.6. The summed E-state index contributed by atoms with van der Waals surface area (Å²) in [4.78, 5) is 2.57. The van der Waals surface area contributed by atoms with Crippen molar-refractivity contribution in [1.29, 1.82) is 0 Å². The Morgan fingerprint density at radius 3 is 1.31 bits per heavy atom. The maximum atomic E-state index is 6.78. The number of fused-ring (bicyclic) bond motifs is 19. The van der Waals surface area contributed by atoms with Crippen molar-refractivity contribution in [3.8, 4) is 67.5 Å². The van der Waals surface area contributed by atoms with E-state index in [9.17, 15) is 0 Å². The Kier molecular flexibility index (Phi) is 8.88. The van der Waals surface area contributed by atoms with Gasteiger partial charge in [-0.3, -0.25) is 0 Å². The topological polar surface area (TPSA) is 21.7 Å². The van der Waals surface area contributed by atoms with E-state index in [1.165, 1.54) is 55.6 Å². The van der Waals surface area contributed by atoms with Crippen LogP contribution in [0.3, 0.4) is 0 Å². The third-order valence-corrected chi connectivity index (χ3v) is 16.6. The van der Waals surface area contributed by atoms with E-state index >= 15 is 0 Å². The zero-order valence-electron chi connectivity index (χ0n) is 40.7. The van der Waals surface area contributed by atoms with Gasteiger partial charge in [-0.15, -0.1) is 0 Å². The van der Waals surface area contributed by atoms with Gasteiger partial charge >= 0.3 is 0 Å². The van der Waals surface area contributed by atoms with Crippen LogP contribution in [0.5, 0.6) is 23.0 Å². The minimum absolute atomic E-state index is 0.589. The Bertz CT molecular complexity index is 4230. The number of ether oxygens (including phenoxy) is 2. The van der Waals surface area contributed by atoms with E-state index in [2.05, 4.69) is 278 Å². The second kappa shape index (κ2) is 15.9. The molecule has 0 radical (unpaired) electrons. The number of hydrogen-bond acceptors (Lipinski definition) is 3. The fraction of sp³-hybridized carbons (Fsp3) is 0.0278. The summed E-state index contributed by atoms with van der Waals surface area (Å²) in [5, 5.41) is 2.32. The van der Waals surface area contributed by atoms with Gasteiger partial charge < -0.3 is 14.4 Å². The standard InChI is InChI=1S/C72H45NO2/c1-2-20-46(21-3-1)47-40-42-48(43-41-47)50-23-6-13-33-63(50)73(65-35-19-32-61-70(65)52-25-5-8-27-56(52)71(61)57-28-9-14-36-66(57)74-67-37-15-10-29-58(67)71)64-34-18-22-49-44-62-54(45-53(49)64)51-24-4-7-26-55(51)72(62)59-30-11-16-38-68(59)75-69-39-17-12-31-60(69)72/h1-45H. The summed E-state index contributed by atoms with van der Waals surface area (Å²) in [6.45, 7) is 0. The van der Waals surface area contributed by atoms with Crippen molar-refractivity contribution < 1.29 is 9.47 Å². The molecule has 12 aromatic carbocycles. The molecule has 16 rings (SSSR count). The number of para-hydroxylation sites is 5. The van der Waals surface area contributed by atoms with Gasteiger partial charge in [-0.05, 0) is 116 Å². The van der Waals surface area contributed by atoms with Crippen molar-refractivity contribution in [2.75, 3.05) is 4.90 Å². The molecule has 0 amide bonds. The second-order valence-electron chi connectivity index (χ2n) is 20.2. The molecular weight excluding hydrogens is 911 g/mol. The lowest BCUT2D eigenvalue weighted by molar-refractivity contribution is 0.436. The van der Waals surface area contributed by atoms with E-state index in [-0.39, 0.29) is 0 Å². The lowest BCUT2D eigenvalue weighted by Crippen LogP contribution is -2.32. The van der Waals surface area contributed by atoms with Gasteiger partial charge in [0.25, 0.3) is 0 Å². The Morgan fingerprint density at radius 2 is 0.680 bits per heavy atom. The summed E-state index contributed by atoms with van der Waals surface area (Å²) in [6.07, 6.45) is 0. The maximum absolute atomic E-state index is 6.78. The van der Waals surface area contributed by atoms with Crippen LogP contribution in [0.4, 0.5) is 17.1 Å². The van der Waals surface area contributed by atoms with Crippen LogP contribution >= 0.6 is 0 Å². The lowest BCUT2D eigenvalue weighted by Gasteiger charge is -2.39. The smallest absolute Gasteiger partial charge is 0.132 e. The minimum Gasteiger partial charge on any atom is -0.457 e. The molecule has 12 aromatic rings. The minimum atomic E-state index is -0.639. The molecule has 2 heterocycles. The van der Waals surface area contributed by atoms with Crippen molar-refractivity contribution >= 4 is 27.8 Å². The SMILES string of the molecule is c1ccc(-c2ccc(-c3ccccc3N(c3cccc4c3-c3ccccc3C43c4ccccc4Oc4ccccc43)c3cccc4cc5c(cc34)-c3ccccc3C53c4ccccc4Oc4ccccc43)cc2)cc1. The van der Waals surface area contributed by atoms with E-state index in [1.807, 2.05) is 0 Å². The van der Waals surface area contributed by atoms with Gasteiger partial charge in [-0.1, -0.05) is 218 Å². The van der Waals surface area contributed by atoms with Crippen LogP contribution < -0.4 is 14.4 Å². The Morgan fingerprint density at radius 1 is 0.253 bits per heavy atom. The first-order chi connectivity index (χ1) is 37.2. The third kappa shape index (κ3) is 5.70. The number of benzene rings is 12. The average molecular weight is 956 g/mol. The molecule has 2 aliphatic heterocycles. The average Bonchev–Trinajstić information content (AvgIpc) is 4.03. The fourth-order valence-corrected chi connectivity index (χ4v) is 13.6. The van der Waals surface area contributed by atoms with Crippen LogP contribution in [0, 0.1) is 0 Å². The predicted molar refractivity (Wildman–Crippen MR) is 304 cm³/mol. The molecule has 0 bridgehead atoms.